The molecule has 0 heterocycles. The van der Waals surface area contributed by atoms with E-state index in [0.29, 0.717) is 12.0 Å². The zero-order valence-corrected chi connectivity index (χ0v) is 16.0. The van der Waals surface area contributed by atoms with Crippen LogP contribution in [-0.4, -0.2) is 22.8 Å². The Morgan fingerprint density at radius 2 is 1.40 bits per heavy atom. The lowest BCUT2D eigenvalue weighted by molar-refractivity contribution is -0.143. The number of aliphatic hydroxyl groups is 1. The van der Waals surface area contributed by atoms with E-state index in [2.05, 4.69) is 0 Å². The van der Waals surface area contributed by atoms with Gasteiger partial charge in [0.05, 0.1) is 5.41 Å². The van der Waals surface area contributed by atoms with Gasteiger partial charge >= 0.3 is 5.97 Å². The Morgan fingerprint density at radius 3 is 1.96 bits per heavy atom. The Kier molecular flexibility index (Phi) is 6.46. The summed E-state index contributed by atoms with van der Waals surface area (Å²) < 4.78 is 0. The van der Waals surface area contributed by atoms with Crippen LogP contribution < -0.4 is 0 Å². The van der Waals surface area contributed by atoms with Gasteiger partial charge in [0, 0.05) is 6.61 Å². The second kappa shape index (κ2) is 8.41. The molecule has 3 rings (SSSR count). The van der Waals surface area contributed by atoms with Crippen molar-refractivity contribution < 1.29 is 15.0 Å². The summed E-state index contributed by atoms with van der Waals surface area (Å²) in [5.74, 6) is 1.45. The van der Waals surface area contributed by atoms with Crippen LogP contribution in [0.25, 0.3) is 0 Å². The van der Waals surface area contributed by atoms with Crippen LogP contribution >= 0.6 is 0 Å². The monoisotopic (exact) mass is 350 g/mol. The van der Waals surface area contributed by atoms with Gasteiger partial charge in [-0.2, -0.15) is 0 Å². The molecule has 0 aromatic rings. The van der Waals surface area contributed by atoms with E-state index in [0.717, 1.165) is 43.9 Å². The Balaban J connectivity index is 1.12. The molecule has 0 saturated heterocycles. The highest BCUT2D eigenvalue weighted by atomic mass is 16.4. The molecule has 2 N–H and O–H groups in total. The Bertz CT molecular complexity index is 437. The number of hydrogen-bond acceptors (Lipinski definition) is 2. The predicted molar refractivity (Wildman–Crippen MR) is 100 cm³/mol. The Hall–Kier alpha value is -0.570. The quantitative estimate of drug-likeness (QED) is 0.381. The van der Waals surface area contributed by atoms with E-state index in [9.17, 15) is 4.79 Å². The SMILES string of the molecule is O=C(O)C1(CCCCCCC2CC2CCCCC2(CCO)CC2)CC1. The molecule has 3 saturated carbocycles. The van der Waals surface area contributed by atoms with Crippen LogP contribution in [-0.2, 0) is 4.79 Å². The van der Waals surface area contributed by atoms with Crippen molar-refractivity contribution in [1.29, 1.82) is 0 Å². The molecule has 0 aliphatic heterocycles. The summed E-state index contributed by atoms with van der Waals surface area (Å²) in [6.45, 7) is 0.377. The maximum absolute atomic E-state index is 11.1. The van der Waals surface area contributed by atoms with Crippen molar-refractivity contribution >= 4 is 5.97 Å². The zero-order valence-electron chi connectivity index (χ0n) is 16.0. The molecular weight excluding hydrogens is 312 g/mol. The number of aliphatic hydroxyl groups excluding tert-OH is 1. The van der Waals surface area contributed by atoms with Crippen LogP contribution in [0.3, 0.4) is 0 Å². The van der Waals surface area contributed by atoms with E-state index >= 15 is 0 Å². The third-order valence-corrected chi connectivity index (χ3v) is 7.49. The summed E-state index contributed by atoms with van der Waals surface area (Å²) in [6.07, 6.45) is 19.9. The van der Waals surface area contributed by atoms with Crippen molar-refractivity contribution in [3.05, 3.63) is 0 Å². The van der Waals surface area contributed by atoms with Crippen LogP contribution in [0.5, 0.6) is 0 Å². The number of unbranched alkanes of at least 4 members (excludes halogenated alkanes) is 4. The van der Waals surface area contributed by atoms with Gasteiger partial charge in [-0.15, -0.1) is 0 Å². The molecule has 2 atom stereocenters. The fourth-order valence-corrected chi connectivity index (χ4v) is 4.91. The minimum Gasteiger partial charge on any atom is -0.481 e. The Labute approximate surface area is 153 Å². The van der Waals surface area contributed by atoms with Gasteiger partial charge in [-0.1, -0.05) is 51.4 Å². The molecule has 0 spiro atoms. The summed E-state index contributed by atoms with van der Waals surface area (Å²) in [7, 11) is 0. The number of carboxylic acid groups (broad SMARTS) is 1. The minimum absolute atomic E-state index is 0.308. The lowest BCUT2D eigenvalue weighted by Crippen LogP contribution is -2.14. The fraction of sp³-hybridized carbons (Fsp3) is 0.955. The normalized spacial score (nSPS) is 27.9. The smallest absolute Gasteiger partial charge is 0.309 e. The lowest BCUT2D eigenvalue weighted by Gasteiger charge is -2.12. The molecule has 0 aromatic carbocycles. The first kappa shape index (κ1) is 19.2. The van der Waals surface area contributed by atoms with E-state index < -0.39 is 5.97 Å². The largest absolute Gasteiger partial charge is 0.481 e. The topological polar surface area (TPSA) is 57.5 Å². The number of aliphatic carboxylic acids is 1. The molecule has 0 amide bonds. The van der Waals surface area contributed by atoms with Crippen LogP contribution in [0.4, 0.5) is 0 Å². The van der Waals surface area contributed by atoms with Crippen LogP contribution in [0.15, 0.2) is 0 Å². The van der Waals surface area contributed by atoms with E-state index in [1.165, 1.54) is 70.6 Å². The first-order valence-electron chi connectivity index (χ1n) is 10.9. The number of carboxylic acids is 1. The van der Waals surface area contributed by atoms with Crippen molar-refractivity contribution in [2.45, 2.75) is 103 Å². The third kappa shape index (κ3) is 5.70. The lowest BCUT2D eigenvalue weighted by atomic mass is 9.94. The van der Waals surface area contributed by atoms with Crippen molar-refractivity contribution in [1.82, 2.24) is 0 Å². The van der Waals surface area contributed by atoms with Gasteiger partial charge in [0.1, 0.15) is 0 Å². The third-order valence-electron chi connectivity index (χ3n) is 7.49. The fourth-order valence-electron chi connectivity index (χ4n) is 4.91. The highest BCUT2D eigenvalue weighted by Crippen LogP contribution is 2.53. The highest BCUT2D eigenvalue weighted by Gasteiger charge is 2.49. The highest BCUT2D eigenvalue weighted by molar-refractivity contribution is 5.77. The van der Waals surface area contributed by atoms with Gasteiger partial charge in [-0.25, -0.2) is 0 Å². The second-order valence-electron chi connectivity index (χ2n) is 9.51. The molecule has 3 aliphatic rings. The maximum Gasteiger partial charge on any atom is 0.309 e. The average molecular weight is 351 g/mol. The summed E-state index contributed by atoms with van der Waals surface area (Å²) in [5, 5.41) is 18.3. The van der Waals surface area contributed by atoms with E-state index in [4.69, 9.17) is 10.2 Å². The second-order valence-corrected chi connectivity index (χ2v) is 9.51. The van der Waals surface area contributed by atoms with Crippen LogP contribution in [0.2, 0.25) is 0 Å². The molecule has 2 unspecified atom stereocenters. The minimum atomic E-state index is -0.558. The van der Waals surface area contributed by atoms with E-state index in [-0.39, 0.29) is 5.41 Å². The molecule has 144 valence electrons. The summed E-state index contributed by atoms with van der Waals surface area (Å²) in [5.41, 5.74) is 0.245. The van der Waals surface area contributed by atoms with Crippen LogP contribution in [0, 0.1) is 22.7 Å². The standard InChI is InChI=1S/C22H38O3/c23-16-15-21(11-12-21)9-6-4-8-19-17-18(19)7-3-1-2-5-10-22(13-14-22)20(24)25/h18-19,23H,1-17H2,(H,24,25). The molecule has 3 fully saturated rings. The summed E-state index contributed by atoms with van der Waals surface area (Å²) in [4.78, 5) is 11.1. The van der Waals surface area contributed by atoms with Crippen molar-refractivity contribution in [3.63, 3.8) is 0 Å². The Morgan fingerprint density at radius 1 is 0.800 bits per heavy atom. The summed E-state index contributed by atoms with van der Waals surface area (Å²) in [6, 6.07) is 0. The van der Waals surface area contributed by atoms with Gasteiger partial charge in [0.2, 0.25) is 0 Å². The van der Waals surface area contributed by atoms with Gasteiger partial charge in [0.15, 0.2) is 0 Å². The van der Waals surface area contributed by atoms with Crippen molar-refractivity contribution in [3.8, 4) is 0 Å². The maximum atomic E-state index is 11.1. The van der Waals surface area contributed by atoms with Gasteiger partial charge in [0.25, 0.3) is 0 Å². The number of hydrogen-bond donors (Lipinski definition) is 2. The average Bonchev–Trinajstić information content (AvgIpc) is 3.45. The molecule has 3 aliphatic carbocycles. The molecule has 3 nitrogen and oxygen atoms in total. The van der Waals surface area contributed by atoms with E-state index in [1.54, 1.807) is 0 Å². The molecule has 0 radical (unpaired) electrons. The molecular formula is C22H38O3. The number of carbonyl (C=O) groups is 1. The van der Waals surface area contributed by atoms with Crippen LogP contribution in [0.1, 0.15) is 103 Å². The molecule has 25 heavy (non-hydrogen) atoms. The molecule has 0 aromatic heterocycles. The van der Waals surface area contributed by atoms with Gasteiger partial charge in [-0.3, -0.25) is 4.79 Å². The first-order valence-corrected chi connectivity index (χ1v) is 10.9. The zero-order chi connectivity index (χ0) is 17.8. The molecule has 3 heteroatoms. The van der Waals surface area contributed by atoms with Crippen molar-refractivity contribution in [2.75, 3.05) is 6.61 Å². The molecule has 0 bridgehead atoms. The summed E-state index contributed by atoms with van der Waals surface area (Å²) >= 11 is 0. The first-order chi connectivity index (χ1) is 12.1. The number of rotatable bonds is 15. The van der Waals surface area contributed by atoms with Gasteiger partial charge in [-0.05, 0) is 68.6 Å². The van der Waals surface area contributed by atoms with Crippen molar-refractivity contribution in [2.24, 2.45) is 22.7 Å². The van der Waals surface area contributed by atoms with Gasteiger partial charge < -0.3 is 10.2 Å². The predicted octanol–water partition coefficient (Wildman–Crippen LogP) is 5.55. The van der Waals surface area contributed by atoms with E-state index in [1.807, 2.05) is 0 Å².